The lowest BCUT2D eigenvalue weighted by atomic mass is 9.91. The summed E-state index contributed by atoms with van der Waals surface area (Å²) in [5, 5.41) is 23.4. The number of nitrogens with zero attached hydrogens (tertiary/aromatic N) is 8. The van der Waals surface area contributed by atoms with E-state index in [0.29, 0.717) is 39.2 Å². The molecule has 0 spiro atoms. The van der Waals surface area contributed by atoms with Crippen LogP contribution >= 0.6 is 0 Å². The van der Waals surface area contributed by atoms with Crippen molar-refractivity contribution in [3.05, 3.63) is 12.2 Å². The van der Waals surface area contributed by atoms with Crippen LogP contribution in [0.25, 0.3) is 0 Å². The third-order valence-electron chi connectivity index (χ3n) is 18.5. The van der Waals surface area contributed by atoms with Gasteiger partial charge in [0.1, 0.15) is 66.5 Å². The first kappa shape index (κ1) is 84.8. The molecule has 5 N–H and O–H groups in total. The van der Waals surface area contributed by atoms with Gasteiger partial charge in [0, 0.05) is 74.9 Å². The Balaban J connectivity index is 3.05. The molecule has 95 heavy (non-hydrogen) atoms. The average molecular weight is 1350 g/mol. The Morgan fingerprint density at radius 2 is 0.989 bits per heavy atom. The van der Waals surface area contributed by atoms with Crippen molar-refractivity contribution in [2.45, 2.75) is 229 Å². The van der Waals surface area contributed by atoms with Gasteiger partial charge in [-0.1, -0.05) is 109 Å². The number of aliphatic hydroxyl groups is 1. The normalized spacial score (nSPS) is 27.6. The van der Waals surface area contributed by atoms with E-state index in [1.54, 1.807) is 61.5 Å². The van der Waals surface area contributed by atoms with Crippen LogP contribution in [0.4, 0.5) is 0 Å². The summed E-state index contributed by atoms with van der Waals surface area (Å²) in [6.07, 6.45) is 3.22. The number of hydrogen-bond acceptors (Lipinski definition) is 15. The molecule has 0 aliphatic carbocycles. The number of amides is 11. The Morgan fingerprint density at radius 3 is 1.49 bits per heavy atom. The van der Waals surface area contributed by atoms with Crippen LogP contribution < -0.4 is 21.3 Å². The first-order valence-corrected chi connectivity index (χ1v) is 34.5. The summed E-state index contributed by atoms with van der Waals surface area (Å²) in [6.45, 7) is 33.0. The van der Waals surface area contributed by atoms with E-state index in [2.05, 4.69) is 26.2 Å². The van der Waals surface area contributed by atoms with Crippen LogP contribution in [-0.2, 0) is 62.2 Å². The molecule has 11 amide bonds. The number of nitrogens with one attached hydrogen (secondary N) is 4. The molecule has 2 saturated heterocycles. The van der Waals surface area contributed by atoms with Crippen molar-refractivity contribution in [2.75, 3.05) is 95.4 Å². The number of likely N-dealkylation sites (N-methyl/N-ethyl adjacent to an activating group) is 7. The zero-order valence-electron chi connectivity index (χ0n) is 62.1. The van der Waals surface area contributed by atoms with E-state index in [1.165, 1.54) is 99.5 Å². The van der Waals surface area contributed by atoms with Crippen LogP contribution in [0.2, 0.25) is 0 Å². The molecule has 2 heterocycles. The SMILES string of the molecule is C/C=C/C[C@@H](C)[C@@H](O)[C@H]1C(=O)N[C@@H](CCC)C(=O)N(C)[C@H](C)C(=O)N(C)[C@@H]([C@H](C)COCCN2CCOCC2)C(=O)N[C@@H](C(C)C)C(=O)N(C)[C@@H](CC(C)C)C(=O)N[C@@H](C)C(=O)N[C@H](C)C(=O)N(C)[C@@H](CC(C)C)C(=O)N(C)[C@@H](CC(C)C)C(=O)N(C)[C@@H](C(C)C)C(=O)N1C. The first-order chi connectivity index (χ1) is 44.2. The van der Waals surface area contributed by atoms with Gasteiger partial charge >= 0.3 is 0 Å². The Labute approximate surface area is 568 Å². The fourth-order valence-corrected chi connectivity index (χ4v) is 12.4. The summed E-state index contributed by atoms with van der Waals surface area (Å²) in [5.74, 6) is -10.6. The van der Waals surface area contributed by atoms with Gasteiger partial charge in [0.25, 0.3) is 0 Å². The highest BCUT2D eigenvalue weighted by molar-refractivity contribution is 6.00. The third kappa shape index (κ3) is 24.1. The summed E-state index contributed by atoms with van der Waals surface area (Å²) in [6, 6.07) is -14.0. The maximum absolute atomic E-state index is 15.3. The van der Waals surface area contributed by atoms with Crippen molar-refractivity contribution in [3.8, 4) is 0 Å². The fourth-order valence-electron chi connectivity index (χ4n) is 12.4. The van der Waals surface area contributed by atoms with Crippen molar-refractivity contribution in [2.24, 2.45) is 41.4 Å². The van der Waals surface area contributed by atoms with Crippen LogP contribution in [-0.4, -0.2) is 277 Å². The van der Waals surface area contributed by atoms with Gasteiger partial charge in [0.2, 0.25) is 65.0 Å². The van der Waals surface area contributed by atoms with Gasteiger partial charge in [0.05, 0.1) is 32.5 Å². The van der Waals surface area contributed by atoms with E-state index in [9.17, 15) is 29.1 Å². The monoisotopic (exact) mass is 1340 g/mol. The van der Waals surface area contributed by atoms with E-state index in [4.69, 9.17) is 9.47 Å². The Bertz CT molecular complexity index is 2580. The molecule has 2 rings (SSSR count). The van der Waals surface area contributed by atoms with Gasteiger partial charge in [-0.05, 0) is 95.3 Å². The first-order valence-electron chi connectivity index (χ1n) is 34.5. The summed E-state index contributed by atoms with van der Waals surface area (Å²) in [7, 11) is 9.97. The van der Waals surface area contributed by atoms with Crippen molar-refractivity contribution in [3.63, 3.8) is 0 Å². The fraction of sp³-hybridized carbons (Fsp3) is 0.812. The number of carbonyl (C=O) groups is 11. The molecule has 26 heteroatoms. The highest BCUT2D eigenvalue weighted by atomic mass is 16.5. The molecule has 14 atom stereocenters. The number of rotatable bonds is 20. The zero-order chi connectivity index (χ0) is 72.8. The number of aliphatic hydroxyl groups excluding tert-OH is 1. The van der Waals surface area contributed by atoms with Crippen LogP contribution in [0.1, 0.15) is 156 Å². The summed E-state index contributed by atoms with van der Waals surface area (Å²) in [5.41, 5.74) is 0. The largest absolute Gasteiger partial charge is 0.390 e. The molecule has 26 nitrogen and oxygen atoms in total. The predicted molar refractivity (Wildman–Crippen MR) is 365 cm³/mol. The van der Waals surface area contributed by atoms with Gasteiger partial charge < -0.3 is 70.1 Å². The molecule has 0 aromatic rings. The van der Waals surface area contributed by atoms with Crippen LogP contribution in [0.3, 0.4) is 0 Å². The molecule has 0 radical (unpaired) electrons. The van der Waals surface area contributed by atoms with Crippen molar-refractivity contribution in [1.29, 1.82) is 0 Å². The second-order valence-corrected chi connectivity index (χ2v) is 28.7. The lowest BCUT2D eigenvalue weighted by Gasteiger charge is -2.41. The van der Waals surface area contributed by atoms with Gasteiger partial charge in [-0.15, -0.1) is 0 Å². The van der Waals surface area contributed by atoms with E-state index >= 15 is 28.8 Å². The van der Waals surface area contributed by atoms with Gasteiger partial charge in [-0.3, -0.25) is 57.6 Å². The van der Waals surface area contributed by atoms with Gasteiger partial charge in [-0.25, -0.2) is 0 Å². The smallest absolute Gasteiger partial charge is 0.246 e. The summed E-state index contributed by atoms with van der Waals surface area (Å²) >= 11 is 0. The van der Waals surface area contributed by atoms with E-state index < -0.39 is 161 Å². The van der Waals surface area contributed by atoms with E-state index in [1.807, 2.05) is 47.6 Å². The number of morpholine rings is 1. The highest BCUT2D eigenvalue weighted by Gasteiger charge is 2.46. The molecule has 0 aromatic heterocycles. The minimum atomic E-state index is -1.64. The molecule has 0 bridgehead atoms. The minimum absolute atomic E-state index is 0.00379. The topological polar surface area (TPSA) is 300 Å². The number of ether oxygens (including phenoxy) is 2. The van der Waals surface area contributed by atoms with Crippen LogP contribution in [0.5, 0.6) is 0 Å². The van der Waals surface area contributed by atoms with Gasteiger partial charge in [0.15, 0.2) is 0 Å². The lowest BCUT2D eigenvalue weighted by Crippen LogP contribution is -2.64. The summed E-state index contributed by atoms with van der Waals surface area (Å²) < 4.78 is 11.7. The standard InChI is InChI=1S/C69H124N12O14/c1-25-27-29-45(13)58(82)57-62(86)72-50(28-26-2)65(89)74(18)49(17)64(88)79(23)56(46(14)39-95-35-32-81-30-33-94-34-31-81)61(85)73-54(43(9)10)68(92)75(19)51(36-40(3)4)60(84)70-47(15)59(83)71-48(16)63(87)76(20)52(37-41(5)6)66(90)77(21)53(38-42(7)8)67(91)78(22)55(44(11)12)69(93)80(57)24/h25,27,40-58,82H,26,28-39H2,1-24H3,(H,70,84)(H,71,83)(H,72,86)(H,73,85)/b27-25+/t45-,46-,47+,48-,49-,50+,51+,52+,53+,54+,55+,56+,57+,58-/m1/s1. The number of hydrogen-bond donors (Lipinski definition) is 5. The molecular weight excluding hydrogens is 1220 g/mol. The van der Waals surface area contributed by atoms with Gasteiger partial charge in [-0.2, -0.15) is 0 Å². The van der Waals surface area contributed by atoms with Crippen molar-refractivity contribution >= 4 is 65.0 Å². The Kier molecular flexibility index (Phi) is 35.6. The van der Waals surface area contributed by atoms with Crippen LogP contribution in [0, 0.1) is 41.4 Å². The molecule has 2 aliphatic rings. The molecule has 2 fully saturated rings. The van der Waals surface area contributed by atoms with Crippen molar-refractivity contribution in [1.82, 2.24) is 60.5 Å². The quantitative estimate of drug-likeness (QED) is 0.0865. The van der Waals surface area contributed by atoms with Crippen molar-refractivity contribution < 1.29 is 67.3 Å². The molecule has 0 saturated carbocycles. The van der Waals surface area contributed by atoms with Crippen LogP contribution in [0.15, 0.2) is 12.2 Å². The minimum Gasteiger partial charge on any atom is -0.390 e. The zero-order valence-corrected chi connectivity index (χ0v) is 62.1. The average Bonchev–Trinajstić information content (AvgIpc) is 0.824. The molecular formula is C69H124N12O14. The molecule has 544 valence electrons. The number of carbonyl (C=O) groups excluding carboxylic acids is 11. The molecule has 0 unspecified atom stereocenters. The maximum Gasteiger partial charge on any atom is 0.246 e. The number of allylic oxidation sites excluding steroid dienone is 2. The maximum atomic E-state index is 15.3. The Morgan fingerprint density at radius 1 is 0.516 bits per heavy atom. The second kappa shape index (κ2) is 39.8. The third-order valence-corrected chi connectivity index (χ3v) is 18.5. The predicted octanol–water partition coefficient (Wildman–Crippen LogP) is 2.99. The Hall–Kier alpha value is -6.25. The lowest BCUT2D eigenvalue weighted by molar-refractivity contribution is -0.157. The molecule has 2 aliphatic heterocycles. The molecule has 0 aromatic carbocycles. The van der Waals surface area contributed by atoms with E-state index in [0.717, 1.165) is 18.0 Å². The highest BCUT2D eigenvalue weighted by Crippen LogP contribution is 2.26. The summed E-state index contributed by atoms with van der Waals surface area (Å²) in [4.78, 5) is 174. The second-order valence-electron chi connectivity index (χ2n) is 28.7. The van der Waals surface area contributed by atoms with E-state index in [-0.39, 0.29) is 50.0 Å².